The molecule has 1 fully saturated rings. The van der Waals surface area contributed by atoms with E-state index in [1.165, 1.54) is 24.9 Å². The lowest BCUT2D eigenvalue weighted by Gasteiger charge is -2.43. The van der Waals surface area contributed by atoms with E-state index >= 15 is 0 Å². The zero-order chi connectivity index (χ0) is 28.8. The third-order valence-electron chi connectivity index (χ3n) is 6.04. The van der Waals surface area contributed by atoms with E-state index in [4.69, 9.17) is 0 Å². The van der Waals surface area contributed by atoms with Gasteiger partial charge < -0.3 is 10.2 Å². The van der Waals surface area contributed by atoms with E-state index in [0.717, 1.165) is 4.90 Å². The molecule has 4 rings (SSSR count). The highest BCUT2D eigenvalue weighted by Gasteiger charge is 2.47. The van der Waals surface area contributed by atoms with Crippen LogP contribution in [0.25, 0.3) is 11.4 Å². The molecule has 210 valence electrons. The molecule has 1 saturated heterocycles. The molecule has 0 radical (unpaired) electrons. The number of hydrogen-bond acceptors (Lipinski definition) is 7. The third-order valence-corrected chi connectivity index (χ3v) is 6.04. The predicted octanol–water partition coefficient (Wildman–Crippen LogP) is 4.30. The molecular formula is C22H20F8N8O. The number of nitrogens with one attached hydrogen (secondary N) is 1. The quantitative estimate of drug-likeness (QED) is 0.461. The lowest BCUT2D eigenvalue weighted by Crippen LogP contribution is -2.57. The first-order valence-electron chi connectivity index (χ1n) is 11.3. The maximum absolute atomic E-state index is 14.6. The van der Waals surface area contributed by atoms with Crippen molar-refractivity contribution >= 4 is 11.9 Å². The molecule has 3 aromatic heterocycles. The van der Waals surface area contributed by atoms with Crippen molar-refractivity contribution in [2.24, 2.45) is 13.0 Å². The Bertz CT molecular complexity index is 1320. The van der Waals surface area contributed by atoms with Crippen LogP contribution in [0, 0.1) is 5.92 Å². The maximum Gasteiger partial charge on any atom is 0.419 e. The SMILES string of the molecule is CC1CC(F)(F)CN(C(=O)c2nn(C)cc2-c2ncc(C(F)(F)F)cn2)[C@@H]1CNc1ncc(C(F)(F)F)cn1. The van der Waals surface area contributed by atoms with E-state index in [-0.39, 0.29) is 29.6 Å². The number of likely N-dealkylation sites (tertiary alicyclic amines) is 1. The van der Waals surface area contributed by atoms with Crippen LogP contribution in [0.3, 0.4) is 0 Å². The number of alkyl halides is 8. The van der Waals surface area contributed by atoms with Crippen molar-refractivity contribution in [3.63, 3.8) is 0 Å². The van der Waals surface area contributed by atoms with Gasteiger partial charge in [-0.3, -0.25) is 9.48 Å². The molecule has 9 nitrogen and oxygen atoms in total. The summed E-state index contributed by atoms with van der Waals surface area (Å²) in [6.07, 6.45) is -6.49. The second kappa shape index (κ2) is 10.00. The van der Waals surface area contributed by atoms with Crippen LogP contribution < -0.4 is 5.32 Å². The highest BCUT2D eigenvalue weighted by molar-refractivity contribution is 5.98. The van der Waals surface area contributed by atoms with E-state index < -0.39 is 60.2 Å². The van der Waals surface area contributed by atoms with Crippen LogP contribution in [0.1, 0.15) is 35.0 Å². The Morgan fingerprint density at radius 1 is 1.00 bits per heavy atom. The number of nitrogens with zero attached hydrogens (tertiary/aromatic N) is 7. The molecule has 1 N–H and O–H groups in total. The van der Waals surface area contributed by atoms with Crippen LogP contribution in [0.4, 0.5) is 41.1 Å². The van der Waals surface area contributed by atoms with Gasteiger partial charge in [-0.25, -0.2) is 28.7 Å². The molecular weight excluding hydrogens is 544 g/mol. The van der Waals surface area contributed by atoms with E-state index in [0.29, 0.717) is 24.8 Å². The number of anilines is 1. The molecule has 0 spiro atoms. The first kappa shape index (κ1) is 28.1. The number of amides is 1. The normalized spacial score (nSPS) is 19.7. The van der Waals surface area contributed by atoms with Crippen LogP contribution in [0.15, 0.2) is 31.0 Å². The van der Waals surface area contributed by atoms with E-state index in [1.807, 2.05) is 0 Å². The van der Waals surface area contributed by atoms with Gasteiger partial charge in [0.25, 0.3) is 11.8 Å². The summed E-state index contributed by atoms with van der Waals surface area (Å²) in [5.41, 5.74) is -2.64. The van der Waals surface area contributed by atoms with Gasteiger partial charge in [0.15, 0.2) is 11.5 Å². The number of aryl methyl sites for hydroxylation is 1. The zero-order valence-corrected chi connectivity index (χ0v) is 20.2. The largest absolute Gasteiger partial charge is 0.419 e. The molecule has 0 saturated carbocycles. The van der Waals surface area contributed by atoms with Crippen LogP contribution >= 0.6 is 0 Å². The minimum atomic E-state index is -4.70. The monoisotopic (exact) mass is 564 g/mol. The molecule has 1 aliphatic rings. The fourth-order valence-corrected chi connectivity index (χ4v) is 4.20. The Morgan fingerprint density at radius 3 is 2.08 bits per heavy atom. The van der Waals surface area contributed by atoms with Gasteiger partial charge in [-0.2, -0.15) is 31.4 Å². The molecule has 0 aromatic carbocycles. The predicted molar refractivity (Wildman–Crippen MR) is 118 cm³/mol. The summed E-state index contributed by atoms with van der Waals surface area (Å²) < 4.78 is 107. The van der Waals surface area contributed by atoms with Gasteiger partial charge in [0.1, 0.15) is 0 Å². The van der Waals surface area contributed by atoms with Gasteiger partial charge in [0, 0.05) is 51.0 Å². The van der Waals surface area contributed by atoms with Crippen LogP contribution in [-0.2, 0) is 19.4 Å². The minimum Gasteiger partial charge on any atom is -0.352 e. The van der Waals surface area contributed by atoms with Crippen LogP contribution in [0.5, 0.6) is 0 Å². The van der Waals surface area contributed by atoms with E-state index in [1.54, 1.807) is 0 Å². The molecule has 39 heavy (non-hydrogen) atoms. The van der Waals surface area contributed by atoms with Crippen molar-refractivity contribution in [3.8, 4) is 11.4 Å². The number of carbonyl (C=O) groups is 1. The van der Waals surface area contributed by atoms with Crippen LogP contribution in [-0.4, -0.2) is 65.6 Å². The maximum atomic E-state index is 14.6. The average molecular weight is 564 g/mol. The Balaban J connectivity index is 1.61. The van der Waals surface area contributed by atoms with Gasteiger partial charge in [-0.05, 0) is 5.92 Å². The smallest absolute Gasteiger partial charge is 0.352 e. The molecule has 1 amide bonds. The number of rotatable bonds is 5. The Hall–Kier alpha value is -3.92. The molecule has 17 heteroatoms. The number of hydrogen-bond donors (Lipinski definition) is 1. The second-order valence-corrected chi connectivity index (χ2v) is 9.07. The standard InChI is InChI=1S/C22H20F8N8O/c1-11-3-20(23,24)10-38(15(11)8-35-19-33-6-13(7-34-19)22(28,29)30)18(39)16-14(9-37(2)36-16)17-31-4-12(5-32-17)21(25,26)27/h4-7,9,11,15H,3,8,10H2,1-2H3,(H,33,34,35)/t11?,15-/m1/s1. The topological polar surface area (TPSA) is 102 Å². The van der Waals surface area contributed by atoms with Gasteiger partial charge >= 0.3 is 12.4 Å². The summed E-state index contributed by atoms with van der Waals surface area (Å²) in [5.74, 6) is -5.49. The lowest BCUT2D eigenvalue weighted by atomic mass is 9.88. The average Bonchev–Trinajstić information content (AvgIpc) is 3.23. The van der Waals surface area contributed by atoms with E-state index in [2.05, 4.69) is 30.4 Å². The van der Waals surface area contributed by atoms with Gasteiger partial charge in [-0.1, -0.05) is 6.92 Å². The van der Waals surface area contributed by atoms with Crippen LogP contribution in [0.2, 0.25) is 0 Å². The number of piperidine rings is 1. The zero-order valence-electron chi connectivity index (χ0n) is 20.2. The first-order chi connectivity index (χ1) is 18.0. The fraction of sp³-hybridized carbons (Fsp3) is 0.455. The summed E-state index contributed by atoms with van der Waals surface area (Å²) in [5, 5.41) is 6.69. The second-order valence-electron chi connectivity index (χ2n) is 9.07. The van der Waals surface area contributed by atoms with Gasteiger partial charge in [-0.15, -0.1) is 0 Å². The summed E-state index contributed by atoms with van der Waals surface area (Å²) in [7, 11) is 1.42. The van der Waals surface area contributed by atoms with Crippen molar-refractivity contribution in [3.05, 3.63) is 47.8 Å². The fourth-order valence-electron chi connectivity index (χ4n) is 4.20. The summed E-state index contributed by atoms with van der Waals surface area (Å²) in [6, 6.07) is -0.897. The van der Waals surface area contributed by atoms with Crippen molar-refractivity contribution < 1.29 is 39.9 Å². The van der Waals surface area contributed by atoms with E-state index in [9.17, 15) is 39.9 Å². The van der Waals surface area contributed by atoms with Crippen molar-refractivity contribution in [1.82, 2.24) is 34.6 Å². The molecule has 1 aliphatic heterocycles. The van der Waals surface area contributed by atoms with Crippen molar-refractivity contribution in [1.29, 1.82) is 0 Å². The number of aromatic nitrogens is 6. The van der Waals surface area contributed by atoms with Gasteiger partial charge in [0.05, 0.1) is 29.3 Å². The molecule has 1 unspecified atom stereocenters. The molecule has 3 aromatic rings. The Kier molecular flexibility index (Phi) is 7.20. The lowest BCUT2D eigenvalue weighted by molar-refractivity contribution is -0.138. The summed E-state index contributed by atoms with van der Waals surface area (Å²) in [6.45, 7) is 0.291. The van der Waals surface area contributed by atoms with Gasteiger partial charge in [0.2, 0.25) is 5.95 Å². The third kappa shape index (κ3) is 6.22. The first-order valence-corrected chi connectivity index (χ1v) is 11.3. The minimum absolute atomic E-state index is 0.0736. The summed E-state index contributed by atoms with van der Waals surface area (Å²) in [4.78, 5) is 28.9. The highest BCUT2D eigenvalue weighted by atomic mass is 19.4. The molecule has 0 bridgehead atoms. The number of halogens is 8. The molecule has 2 atom stereocenters. The number of carbonyl (C=O) groups excluding carboxylic acids is 1. The van der Waals surface area contributed by atoms with Crippen molar-refractivity contribution in [2.75, 3.05) is 18.4 Å². The Morgan fingerprint density at radius 2 is 1.54 bits per heavy atom. The van der Waals surface area contributed by atoms with Crippen molar-refractivity contribution in [2.45, 2.75) is 37.7 Å². The highest BCUT2D eigenvalue weighted by Crippen LogP contribution is 2.36. The molecule has 4 heterocycles. The summed E-state index contributed by atoms with van der Waals surface area (Å²) >= 11 is 0. The Labute approximate surface area is 215 Å². The molecule has 0 aliphatic carbocycles.